The van der Waals surface area contributed by atoms with Crippen LogP contribution in [0.1, 0.15) is 46.4 Å². The van der Waals surface area contributed by atoms with Gasteiger partial charge in [0.15, 0.2) is 0 Å². The van der Waals surface area contributed by atoms with Crippen LogP contribution in [0.25, 0.3) is 0 Å². The Balaban J connectivity index is 1.70. The zero-order chi connectivity index (χ0) is 17.8. The molecule has 0 atom stereocenters. The number of benzene rings is 1. The maximum atomic E-state index is 13.2. The number of nitrogens with zero attached hydrogens (tertiary/aromatic N) is 1. The Hall–Kier alpha value is -2.47. The monoisotopic (exact) mass is 361 g/mol. The summed E-state index contributed by atoms with van der Waals surface area (Å²) in [5.74, 6) is -1.25. The standard InChI is InChI=1S/C18H17ClFN3O2/c19-15-8-14(5-6-16(15)20)23-18(25)12-7-11(9-21-10-12)17(24)22-13-3-1-2-4-13/h5-10,13H,1-4H2,(H,22,24)(H,23,25). The van der Waals surface area contributed by atoms with Gasteiger partial charge in [-0.15, -0.1) is 0 Å². The van der Waals surface area contributed by atoms with Crippen LogP contribution in [0.3, 0.4) is 0 Å². The molecule has 0 bridgehead atoms. The van der Waals surface area contributed by atoms with Crippen LogP contribution in [0.15, 0.2) is 36.7 Å². The van der Waals surface area contributed by atoms with Gasteiger partial charge in [-0.1, -0.05) is 24.4 Å². The molecular formula is C18H17ClFN3O2. The van der Waals surface area contributed by atoms with E-state index in [4.69, 9.17) is 11.6 Å². The maximum Gasteiger partial charge on any atom is 0.257 e. The first-order valence-corrected chi connectivity index (χ1v) is 8.43. The largest absolute Gasteiger partial charge is 0.349 e. The fraction of sp³-hybridized carbons (Fsp3) is 0.278. The molecule has 0 aliphatic heterocycles. The molecule has 2 N–H and O–H groups in total. The Morgan fingerprint density at radius 2 is 1.76 bits per heavy atom. The van der Waals surface area contributed by atoms with Crippen molar-refractivity contribution in [3.05, 3.63) is 58.6 Å². The number of hydrogen-bond acceptors (Lipinski definition) is 3. The predicted molar refractivity (Wildman–Crippen MR) is 93.3 cm³/mol. The molecule has 7 heteroatoms. The highest BCUT2D eigenvalue weighted by Gasteiger charge is 2.19. The average molecular weight is 362 g/mol. The van der Waals surface area contributed by atoms with Crippen LogP contribution in [0.4, 0.5) is 10.1 Å². The van der Waals surface area contributed by atoms with E-state index in [0.717, 1.165) is 25.7 Å². The Bertz CT molecular complexity index is 807. The molecule has 25 heavy (non-hydrogen) atoms. The molecule has 1 aromatic carbocycles. The summed E-state index contributed by atoms with van der Waals surface area (Å²) >= 11 is 5.70. The minimum Gasteiger partial charge on any atom is -0.349 e. The van der Waals surface area contributed by atoms with Crippen LogP contribution in [0, 0.1) is 5.82 Å². The van der Waals surface area contributed by atoms with Crippen LogP contribution < -0.4 is 10.6 Å². The maximum absolute atomic E-state index is 13.2. The molecule has 1 aliphatic carbocycles. The van der Waals surface area contributed by atoms with Crippen LogP contribution in [-0.4, -0.2) is 22.8 Å². The minimum absolute atomic E-state index is 0.0828. The molecule has 1 heterocycles. The first-order valence-electron chi connectivity index (χ1n) is 8.05. The number of halogens is 2. The second kappa shape index (κ2) is 7.61. The van der Waals surface area contributed by atoms with E-state index in [0.29, 0.717) is 11.3 Å². The lowest BCUT2D eigenvalue weighted by Gasteiger charge is -2.12. The van der Waals surface area contributed by atoms with E-state index >= 15 is 0 Å². The summed E-state index contributed by atoms with van der Waals surface area (Å²) in [5, 5.41) is 5.48. The number of nitrogens with one attached hydrogen (secondary N) is 2. The number of carbonyl (C=O) groups excluding carboxylic acids is 2. The smallest absolute Gasteiger partial charge is 0.257 e. The third-order valence-electron chi connectivity index (χ3n) is 4.13. The van der Waals surface area contributed by atoms with E-state index in [9.17, 15) is 14.0 Å². The number of pyridine rings is 1. The highest BCUT2D eigenvalue weighted by molar-refractivity contribution is 6.31. The van der Waals surface area contributed by atoms with Crippen LogP contribution in [0.2, 0.25) is 5.02 Å². The van der Waals surface area contributed by atoms with Crippen molar-refractivity contribution in [3.8, 4) is 0 Å². The summed E-state index contributed by atoms with van der Waals surface area (Å²) in [4.78, 5) is 28.6. The second-order valence-corrected chi connectivity index (χ2v) is 6.41. The van der Waals surface area contributed by atoms with Gasteiger partial charge in [-0.2, -0.15) is 0 Å². The van der Waals surface area contributed by atoms with Crippen LogP contribution in [0.5, 0.6) is 0 Å². The van der Waals surface area contributed by atoms with Gasteiger partial charge in [0.05, 0.1) is 16.1 Å². The van der Waals surface area contributed by atoms with Crippen molar-refractivity contribution < 1.29 is 14.0 Å². The third-order valence-corrected chi connectivity index (χ3v) is 4.42. The van der Waals surface area contributed by atoms with E-state index in [-0.39, 0.29) is 22.5 Å². The van der Waals surface area contributed by atoms with Crippen LogP contribution >= 0.6 is 11.6 Å². The summed E-state index contributed by atoms with van der Waals surface area (Å²) in [7, 11) is 0. The van der Waals surface area contributed by atoms with Gasteiger partial charge in [0.2, 0.25) is 0 Å². The SMILES string of the molecule is O=C(Nc1ccc(F)c(Cl)c1)c1cncc(C(=O)NC2CCCC2)c1. The lowest BCUT2D eigenvalue weighted by Crippen LogP contribution is -2.32. The number of anilines is 1. The molecule has 2 amide bonds. The number of aromatic nitrogens is 1. The lowest BCUT2D eigenvalue weighted by atomic mass is 10.1. The molecule has 1 fully saturated rings. The second-order valence-electron chi connectivity index (χ2n) is 6.00. The highest BCUT2D eigenvalue weighted by Crippen LogP contribution is 2.20. The molecule has 0 unspecified atom stereocenters. The van der Waals surface area contributed by atoms with Crippen molar-refractivity contribution >= 4 is 29.1 Å². The van der Waals surface area contributed by atoms with Gasteiger partial charge in [0, 0.05) is 24.1 Å². The van der Waals surface area contributed by atoms with E-state index in [1.165, 1.54) is 36.7 Å². The molecule has 0 radical (unpaired) electrons. The van der Waals surface area contributed by atoms with Crippen molar-refractivity contribution in [2.75, 3.05) is 5.32 Å². The number of hydrogen-bond donors (Lipinski definition) is 2. The van der Waals surface area contributed by atoms with Gasteiger partial charge in [-0.05, 0) is 37.1 Å². The Morgan fingerprint density at radius 3 is 2.44 bits per heavy atom. The van der Waals surface area contributed by atoms with Crippen molar-refractivity contribution in [3.63, 3.8) is 0 Å². The quantitative estimate of drug-likeness (QED) is 0.870. The predicted octanol–water partition coefficient (Wildman–Crippen LogP) is 3.80. The molecule has 1 aromatic heterocycles. The van der Waals surface area contributed by atoms with Gasteiger partial charge in [-0.25, -0.2) is 4.39 Å². The molecule has 5 nitrogen and oxygen atoms in total. The van der Waals surface area contributed by atoms with Gasteiger partial charge in [-0.3, -0.25) is 14.6 Å². The topological polar surface area (TPSA) is 71.1 Å². The average Bonchev–Trinajstić information content (AvgIpc) is 3.11. The number of rotatable bonds is 4. The Labute approximate surface area is 149 Å². The summed E-state index contributed by atoms with van der Waals surface area (Å²) in [5.41, 5.74) is 0.924. The first-order chi connectivity index (χ1) is 12.0. The summed E-state index contributed by atoms with van der Waals surface area (Å²) in [6.45, 7) is 0. The molecule has 3 rings (SSSR count). The van der Waals surface area contributed by atoms with Crippen molar-refractivity contribution in [2.24, 2.45) is 0 Å². The zero-order valence-corrected chi connectivity index (χ0v) is 14.1. The minimum atomic E-state index is -0.563. The van der Waals surface area contributed by atoms with Crippen molar-refractivity contribution in [1.82, 2.24) is 10.3 Å². The fourth-order valence-electron chi connectivity index (χ4n) is 2.80. The van der Waals surface area contributed by atoms with Crippen LogP contribution in [-0.2, 0) is 0 Å². The van der Waals surface area contributed by atoms with Gasteiger partial charge in [0.1, 0.15) is 5.82 Å². The third kappa shape index (κ3) is 4.33. The van der Waals surface area contributed by atoms with Gasteiger partial charge >= 0.3 is 0 Å². The lowest BCUT2D eigenvalue weighted by molar-refractivity contribution is 0.0937. The summed E-state index contributed by atoms with van der Waals surface area (Å²) in [6, 6.07) is 5.56. The molecular weight excluding hydrogens is 345 g/mol. The fourth-order valence-corrected chi connectivity index (χ4v) is 2.98. The summed E-state index contributed by atoms with van der Waals surface area (Å²) in [6.07, 6.45) is 6.98. The van der Waals surface area contributed by atoms with Gasteiger partial charge in [0.25, 0.3) is 11.8 Å². The first kappa shape index (κ1) is 17.4. The van der Waals surface area contributed by atoms with E-state index in [1.807, 2.05) is 0 Å². The van der Waals surface area contributed by atoms with Crippen molar-refractivity contribution in [1.29, 1.82) is 0 Å². The molecule has 2 aromatic rings. The van der Waals surface area contributed by atoms with E-state index in [1.54, 1.807) is 0 Å². The molecule has 130 valence electrons. The normalized spacial score (nSPS) is 14.3. The summed E-state index contributed by atoms with van der Waals surface area (Å²) < 4.78 is 13.2. The Kier molecular flexibility index (Phi) is 5.28. The van der Waals surface area contributed by atoms with E-state index < -0.39 is 11.7 Å². The molecule has 0 saturated heterocycles. The van der Waals surface area contributed by atoms with Gasteiger partial charge < -0.3 is 10.6 Å². The number of amides is 2. The van der Waals surface area contributed by atoms with E-state index in [2.05, 4.69) is 15.6 Å². The van der Waals surface area contributed by atoms with Crippen molar-refractivity contribution in [2.45, 2.75) is 31.7 Å². The molecule has 1 aliphatic rings. The highest BCUT2D eigenvalue weighted by atomic mass is 35.5. The molecule has 0 spiro atoms. The zero-order valence-electron chi connectivity index (χ0n) is 13.4. The molecule has 1 saturated carbocycles. The Morgan fingerprint density at radius 1 is 1.08 bits per heavy atom. The number of carbonyl (C=O) groups is 2.